The maximum Gasteiger partial charge on any atom is 0.123 e. The SMILES string of the molecule is CCN(Cc1cc(F)ccc1C)C1CCNCC1. The molecule has 2 rings (SSSR count). The molecule has 0 bridgehead atoms. The van der Waals surface area contributed by atoms with Gasteiger partial charge in [0.1, 0.15) is 5.82 Å². The molecule has 18 heavy (non-hydrogen) atoms. The molecule has 1 fully saturated rings. The van der Waals surface area contributed by atoms with Crippen molar-refractivity contribution in [3.8, 4) is 0 Å². The van der Waals surface area contributed by atoms with Gasteiger partial charge in [0.2, 0.25) is 0 Å². The molecule has 0 aromatic heterocycles. The van der Waals surface area contributed by atoms with E-state index in [1.54, 1.807) is 12.1 Å². The summed E-state index contributed by atoms with van der Waals surface area (Å²) in [6, 6.07) is 5.73. The average molecular weight is 250 g/mol. The Labute approximate surface area is 109 Å². The molecular formula is C15H23FN2. The van der Waals surface area contributed by atoms with Crippen molar-refractivity contribution in [2.75, 3.05) is 19.6 Å². The van der Waals surface area contributed by atoms with Crippen LogP contribution in [0, 0.1) is 12.7 Å². The van der Waals surface area contributed by atoms with Crippen molar-refractivity contribution in [2.24, 2.45) is 0 Å². The van der Waals surface area contributed by atoms with E-state index < -0.39 is 0 Å². The van der Waals surface area contributed by atoms with E-state index in [4.69, 9.17) is 0 Å². The largest absolute Gasteiger partial charge is 0.317 e. The molecule has 1 saturated heterocycles. The highest BCUT2D eigenvalue weighted by Gasteiger charge is 2.20. The fourth-order valence-electron chi connectivity index (χ4n) is 2.70. The van der Waals surface area contributed by atoms with Crippen molar-refractivity contribution in [3.05, 3.63) is 35.1 Å². The normalized spacial score (nSPS) is 17.3. The number of nitrogens with zero attached hydrogens (tertiary/aromatic N) is 1. The molecule has 2 nitrogen and oxygen atoms in total. The van der Waals surface area contributed by atoms with E-state index in [1.165, 1.54) is 18.4 Å². The molecule has 0 atom stereocenters. The van der Waals surface area contributed by atoms with Gasteiger partial charge in [0, 0.05) is 12.6 Å². The van der Waals surface area contributed by atoms with E-state index in [0.717, 1.165) is 31.7 Å². The molecule has 3 heteroatoms. The first-order chi connectivity index (χ1) is 8.70. The van der Waals surface area contributed by atoms with E-state index in [0.29, 0.717) is 6.04 Å². The third-order valence-corrected chi connectivity index (χ3v) is 3.92. The van der Waals surface area contributed by atoms with Gasteiger partial charge in [-0.25, -0.2) is 4.39 Å². The first-order valence-electron chi connectivity index (χ1n) is 6.90. The monoisotopic (exact) mass is 250 g/mol. The molecule has 0 saturated carbocycles. The van der Waals surface area contributed by atoms with Gasteiger partial charge in [-0.05, 0) is 62.7 Å². The van der Waals surface area contributed by atoms with Crippen LogP contribution in [0.25, 0.3) is 0 Å². The predicted octanol–water partition coefficient (Wildman–Crippen LogP) is 2.71. The second-order valence-corrected chi connectivity index (χ2v) is 5.12. The molecule has 1 aromatic rings. The number of aryl methyl sites for hydroxylation is 1. The topological polar surface area (TPSA) is 15.3 Å². The Morgan fingerprint density at radius 2 is 2.06 bits per heavy atom. The summed E-state index contributed by atoms with van der Waals surface area (Å²) in [6.45, 7) is 8.35. The van der Waals surface area contributed by atoms with Crippen LogP contribution in [0.3, 0.4) is 0 Å². The molecule has 0 amide bonds. The van der Waals surface area contributed by atoms with E-state index >= 15 is 0 Å². The highest BCUT2D eigenvalue weighted by atomic mass is 19.1. The summed E-state index contributed by atoms with van der Waals surface area (Å²) in [5.74, 6) is -0.128. The minimum atomic E-state index is -0.128. The van der Waals surface area contributed by atoms with Gasteiger partial charge in [0.05, 0.1) is 0 Å². The van der Waals surface area contributed by atoms with Crippen molar-refractivity contribution in [1.82, 2.24) is 10.2 Å². The van der Waals surface area contributed by atoms with Crippen molar-refractivity contribution in [3.63, 3.8) is 0 Å². The van der Waals surface area contributed by atoms with Gasteiger partial charge in [0.25, 0.3) is 0 Å². The maximum atomic E-state index is 13.3. The number of piperidine rings is 1. The summed E-state index contributed by atoms with van der Waals surface area (Å²) in [4.78, 5) is 2.47. The standard InChI is InChI=1S/C15H23FN2/c1-3-18(15-6-8-17-9-7-15)11-13-10-14(16)5-4-12(13)2/h4-5,10,15,17H,3,6-9,11H2,1-2H3. The Balaban J connectivity index is 2.06. The lowest BCUT2D eigenvalue weighted by Crippen LogP contribution is -2.42. The zero-order valence-corrected chi connectivity index (χ0v) is 11.4. The lowest BCUT2D eigenvalue weighted by atomic mass is 10.0. The van der Waals surface area contributed by atoms with E-state index in [-0.39, 0.29) is 5.82 Å². The van der Waals surface area contributed by atoms with Crippen LogP contribution in [0.4, 0.5) is 4.39 Å². The van der Waals surface area contributed by atoms with Gasteiger partial charge in [0.15, 0.2) is 0 Å². The zero-order valence-electron chi connectivity index (χ0n) is 11.4. The molecule has 0 radical (unpaired) electrons. The Hall–Kier alpha value is -0.930. The van der Waals surface area contributed by atoms with E-state index in [9.17, 15) is 4.39 Å². The lowest BCUT2D eigenvalue weighted by Gasteiger charge is -2.34. The van der Waals surface area contributed by atoms with Crippen LogP contribution in [0.5, 0.6) is 0 Å². The lowest BCUT2D eigenvalue weighted by molar-refractivity contribution is 0.162. The van der Waals surface area contributed by atoms with Crippen molar-refractivity contribution < 1.29 is 4.39 Å². The number of rotatable bonds is 4. The molecule has 1 aromatic carbocycles. The van der Waals surface area contributed by atoms with Crippen LogP contribution in [-0.2, 0) is 6.54 Å². The molecule has 0 unspecified atom stereocenters. The summed E-state index contributed by atoms with van der Waals surface area (Å²) < 4.78 is 13.3. The van der Waals surface area contributed by atoms with E-state index in [1.807, 2.05) is 6.07 Å². The fraction of sp³-hybridized carbons (Fsp3) is 0.600. The molecule has 1 heterocycles. The maximum absolute atomic E-state index is 13.3. The van der Waals surface area contributed by atoms with E-state index in [2.05, 4.69) is 24.1 Å². The summed E-state index contributed by atoms with van der Waals surface area (Å²) in [7, 11) is 0. The van der Waals surface area contributed by atoms with Gasteiger partial charge in [-0.3, -0.25) is 4.90 Å². The second-order valence-electron chi connectivity index (χ2n) is 5.12. The number of halogens is 1. The summed E-state index contributed by atoms with van der Waals surface area (Å²) in [5.41, 5.74) is 2.30. The van der Waals surface area contributed by atoms with Crippen LogP contribution in [0.1, 0.15) is 30.9 Å². The number of hydrogen-bond acceptors (Lipinski definition) is 2. The number of benzene rings is 1. The van der Waals surface area contributed by atoms with Crippen LogP contribution in [-0.4, -0.2) is 30.6 Å². The Morgan fingerprint density at radius 1 is 1.33 bits per heavy atom. The smallest absolute Gasteiger partial charge is 0.123 e. The van der Waals surface area contributed by atoms with Crippen molar-refractivity contribution in [2.45, 2.75) is 39.3 Å². The van der Waals surface area contributed by atoms with Crippen LogP contribution < -0.4 is 5.32 Å². The Morgan fingerprint density at radius 3 is 2.72 bits per heavy atom. The minimum absolute atomic E-state index is 0.128. The first-order valence-corrected chi connectivity index (χ1v) is 6.90. The average Bonchev–Trinajstić information content (AvgIpc) is 2.41. The third-order valence-electron chi connectivity index (χ3n) is 3.92. The van der Waals surface area contributed by atoms with Crippen LogP contribution in [0.15, 0.2) is 18.2 Å². The summed E-state index contributed by atoms with van der Waals surface area (Å²) in [5, 5.41) is 3.39. The molecule has 100 valence electrons. The van der Waals surface area contributed by atoms with Crippen LogP contribution in [0.2, 0.25) is 0 Å². The summed E-state index contributed by atoms with van der Waals surface area (Å²) >= 11 is 0. The van der Waals surface area contributed by atoms with Gasteiger partial charge < -0.3 is 5.32 Å². The molecule has 0 aliphatic carbocycles. The molecule has 1 N–H and O–H groups in total. The summed E-state index contributed by atoms with van der Waals surface area (Å²) in [6.07, 6.45) is 2.39. The second kappa shape index (κ2) is 6.30. The minimum Gasteiger partial charge on any atom is -0.317 e. The van der Waals surface area contributed by atoms with Gasteiger partial charge in [-0.1, -0.05) is 13.0 Å². The van der Waals surface area contributed by atoms with Gasteiger partial charge >= 0.3 is 0 Å². The fourth-order valence-corrected chi connectivity index (χ4v) is 2.70. The van der Waals surface area contributed by atoms with Gasteiger partial charge in [-0.2, -0.15) is 0 Å². The molecular weight excluding hydrogens is 227 g/mol. The molecule has 1 aliphatic heterocycles. The van der Waals surface area contributed by atoms with Crippen molar-refractivity contribution in [1.29, 1.82) is 0 Å². The quantitative estimate of drug-likeness (QED) is 0.884. The number of hydrogen-bond donors (Lipinski definition) is 1. The highest BCUT2D eigenvalue weighted by Crippen LogP contribution is 2.18. The Kier molecular flexibility index (Phi) is 4.72. The number of nitrogens with one attached hydrogen (secondary N) is 1. The molecule has 0 spiro atoms. The zero-order chi connectivity index (χ0) is 13.0. The predicted molar refractivity (Wildman–Crippen MR) is 73.1 cm³/mol. The first kappa shape index (κ1) is 13.5. The highest BCUT2D eigenvalue weighted by molar-refractivity contribution is 5.26. The van der Waals surface area contributed by atoms with Gasteiger partial charge in [-0.15, -0.1) is 0 Å². The molecule has 1 aliphatic rings. The third kappa shape index (κ3) is 3.30. The Bertz CT molecular complexity index is 386. The van der Waals surface area contributed by atoms with Crippen LogP contribution >= 0.6 is 0 Å². The van der Waals surface area contributed by atoms with Crippen molar-refractivity contribution >= 4 is 0 Å².